The van der Waals surface area contributed by atoms with Crippen LogP contribution < -0.4 is 5.32 Å². The van der Waals surface area contributed by atoms with Gasteiger partial charge in [0, 0.05) is 19.0 Å². The van der Waals surface area contributed by atoms with Crippen molar-refractivity contribution in [2.24, 2.45) is 11.8 Å². The summed E-state index contributed by atoms with van der Waals surface area (Å²) in [5.41, 5.74) is -3.20. The Balaban J connectivity index is 2.11. The van der Waals surface area contributed by atoms with E-state index in [-0.39, 0.29) is 18.5 Å². The Kier molecular flexibility index (Phi) is 5.15. The minimum atomic E-state index is -4.65. The fraction of sp³-hybridized carbons (Fsp3) is 0.421. The Morgan fingerprint density at radius 1 is 1.31 bits per heavy atom. The van der Waals surface area contributed by atoms with E-state index in [9.17, 15) is 37.8 Å². The van der Waals surface area contributed by atoms with Gasteiger partial charge in [-0.2, -0.15) is 13.2 Å². The number of fused-ring (bicyclic) bond motifs is 1. The molecule has 2 aliphatic rings. The van der Waals surface area contributed by atoms with E-state index in [1.807, 2.05) is 0 Å². The number of nitrogens with zero attached hydrogens (tertiary/aromatic N) is 1. The molecule has 1 aromatic carbocycles. The normalized spacial score (nSPS) is 29.1. The number of carboxylic acid groups (broad SMARTS) is 1. The van der Waals surface area contributed by atoms with Crippen LogP contribution in [0.2, 0.25) is 0 Å². The Bertz CT molecular complexity index is 910. The SMILES string of the molecule is C#CCCN1C(=O)C2C(c3cccc(C(F)(F)F)c3)NC(CO)(C(=O)O)C2C1=O. The summed E-state index contributed by atoms with van der Waals surface area (Å²) >= 11 is 0. The standard InChI is InChI=1S/C19H17F3N2O5/c1-2-3-7-24-15(26)12-13(16(24)27)18(9-25,17(28)29)23-14(12)10-5-4-6-11(8-10)19(20,21)22/h1,4-6,8,12-14,23,25H,3,7,9H2,(H,28,29). The smallest absolute Gasteiger partial charge is 0.416 e. The van der Waals surface area contributed by atoms with Crippen molar-refractivity contribution < 1.29 is 37.8 Å². The minimum absolute atomic E-state index is 0.00801. The van der Waals surface area contributed by atoms with E-state index in [1.54, 1.807) is 0 Å². The van der Waals surface area contributed by atoms with E-state index in [2.05, 4.69) is 11.2 Å². The second kappa shape index (κ2) is 7.17. The second-order valence-corrected chi connectivity index (χ2v) is 6.97. The summed E-state index contributed by atoms with van der Waals surface area (Å²) in [6.45, 7) is -1.17. The Morgan fingerprint density at radius 3 is 2.55 bits per heavy atom. The van der Waals surface area contributed by atoms with E-state index >= 15 is 0 Å². The molecule has 0 bridgehead atoms. The lowest BCUT2D eigenvalue weighted by Gasteiger charge is -2.29. The summed E-state index contributed by atoms with van der Waals surface area (Å²) in [5, 5.41) is 22.1. The molecule has 2 amide bonds. The zero-order valence-electron chi connectivity index (χ0n) is 14.9. The number of amides is 2. The number of halogens is 3. The molecule has 2 fully saturated rings. The molecule has 2 saturated heterocycles. The number of aliphatic carboxylic acids is 1. The molecule has 1 aromatic rings. The van der Waals surface area contributed by atoms with E-state index in [0.29, 0.717) is 0 Å². The highest BCUT2D eigenvalue weighted by molar-refractivity contribution is 6.09. The highest BCUT2D eigenvalue weighted by Crippen LogP contribution is 2.49. The number of carbonyl (C=O) groups excluding carboxylic acids is 2. The van der Waals surface area contributed by atoms with Crippen LogP contribution in [0, 0.1) is 24.2 Å². The van der Waals surface area contributed by atoms with Gasteiger partial charge in [-0.25, -0.2) is 0 Å². The number of carboxylic acids is 1. The number of likely N-dealkylation sites (tertiary alicyclic amines) is 1. The number of imide groups is 1. The number of hydrogen-bond acceptors (Lipinski definition) is 5. The van der Waals surface area contributed by atoms with Gasteiger partial charge in [0.1, 0.15) is 0 Å². The van der Waals surface area contributed by atoms with E-state index < -0.39 is 59.5 Å². The minimum Gasteiger partial charge on any atom is -0.480 e. The third-order valence-corrected chi connectivity index (χ3v) is 5.43. The van der Waals surface area contributed by atoms with Crippen molar-refractivity contribution in [1.29, 1.82) is 0 Å². The zero-order chi connectivity index (χ0) is 21.6. The quantitative estimate of drug-likeness (QED) is 0.490. The first-order valence-corrected chi connectivity index (χ1v) is 8.66. The first-order chi connectivity index (χ1) is 13.6. The number of carbonyl (C=O) groups is 3. The van der Waals surface area contributed by atoms with Gasteiger partial charge in [-0.05, 0) is 17.7 Å². The lowest BCUT2D eigenvalue weighted by molar-refractivity contribution is -0.153. The third kappa shape index (κ3) is 3.16. The molecule has 2 heterocycles. The number of aliphatic hydroxyl groups is 1. The summed E-state index contributed by atoms with van der Waals surface area (Å²) in [7, 11) is 0. The topological polar surface area (TPSA) is 107 Å². The molecule has 0 saturated carbocycles. The van der Waals surface area contributed by atoms with Crippen molar-refractivity contribution in [3.8, 4) is 12.3 Å². The highest BCUT2D eigenvalue weighted by atomic mass is 19.4. The molecule has 3 rings (SSSR count). The lowest BCUT2D eigenvalue weighted by atomic mass is 9.79. The molecule has 0 radical (unpaired) electrons. The molecule has 10 heteroatoms. The second-order valence-electron chi connectivity index (χ2n) is 6.97. The van der Waals surface area contributed by atoms with Crippen molar-refractivity contribution in [3.05, 3.63) is 35.4 Å². The maximum Gasteiger partial charge on any atom is 0.416 e. The summed E-state index contributed by atoms with van der Waals surface area (Å²) in [4.78, 5) is 38.5. The van der Waals surface area contributed by atoms with Gasteiger partial charge in [-0.1, -0.05) is 12.1 Å². The van der Waals surface area contributed by atoms with Crippen LogP contribution in [0.25, 0.3) is 0 Å². The van der Waals surface area contributed by atoms with Crippen LogP contribution in [0.4, 0.5) is 13.2 Å². The Hall–Kier alpha value is -2.90. The molecular weight excluding hydrogens is 393 g/mol. The van der Waals surface area contributed by atoms with Crippen LogP contribution in [0.3, 0.4) is 0 Å². The van der Waals surface area contributed by atoms with Crippen molar-refractivity contribution in [2.45, 2.75) is 24.2 Å². The number of alkyl halides is 3. The van der Waals surface area contributed by atoms with Gasteiger partial charge in [0.05, 0.1) is 24.0 Å². The average molecular weight is 410 g/mol. The molecule has 7 nitrogen and oxygen atoms in total. The first kappa shape index (κ1) is 20.8. The number of nitrogens with one attached hydrogen (secondary N) is 1. The van der Waals surface area contributed by atoms with Gasteiger partial charge in [0.25, 0.3) is 0 Å². The molecule has 0 spiro atoms. The van der Waals surface area contributed by atoms with Crippen molar-refractivity contribution in [3.63, 3.8) is 0 Å². The first-order valence-electron chi connectivity index (χ1n) is 8.66. The van der Waals surface area contributed by atoms with Crippen molar-refractivity contribution in [2.75, 3.05) is 13.2 Å². The fourth-order valence-electron chi connectivity index (χ4n) is 4.06. The maximum absolute atomic E-state index is 13.1. The monoisotopic (exact) mass is 410 g/mol. The number of benzene rings is 1. The van der Waals surface area contributed by atoms with Gasteiger partial charge in [-0.3, -0.25) is 24.6 Å². The van der Waals surface area contributed by atoms with Gasteiger partial charge >= 0.3 is 12.1 Å². The van der Waals surface area contributed by atoms with Crippen LogP contribution in [-0.2, 0) is 20.6 Å². The van der Waals surface area contributed by atoms with Crippen LogP contribution in [0.5, 0.6) is 0 Å². The van der Waals surface area contributed by atoms with Gasteiger partial charge < -0.3 is 10.2 Å². The molecular formula is C19H17F3N2O5. The zero-order valence-corrected chi connectivity index (χ0v) is 14.9. The Morgan fingerprint density at radius 2 is 2.00 bits per heavy atom. The average Bonchev–Trinajstić information content (AvgIpc) is 3.15. The van der Waals surface area contributed by atoms with Crippen LogP contribution in [-0.4, -0.2) is 51.6 Å². The third-order valence-electron chi connectivity index (χ3n) is 5.43. The van der Waals surface area contributed by atoms with Gasteiger partial charge in [0.2, 0.25) is 11.8 Å². The molecule has 4 unspecified atom stereocenters. The molecule has 4 atom stereocenters. The summed E-state index contributed by atoms with van der Waals surface area (Å²) in [5.74, 6) is -3.63. The number of terminal acetylenes is 1. The molecule has 29 heavy (non-hydrogen) atoms. The number of rotatable bonds is 5. The van der Waals surface area contributed by atoms with E-state index in [4.69, 9.17) is 6.42 Å². The van der Waals surface area contributed by atoms with Crippen LogP contribution in [0.1, 0.15) is 23.6 Å². The predicted molar refractivity (Wildman–Crippen MR) is 91.9 cm³/mol. The van der Waals surface area contributed by atoms with Crippen molar-refractivity contribution >= 4 is 17.8 Å². The molecule has 3 N–H and O–H groups in total. The van der Waals surface area contributed by atoms with Crippen molar-refractivity contribution in [1.82, 2.24) is 10.2 Å². The summed E-state index contributed by atoms with van der Waals surface area (Å²) in [6, 6.07) is 2.87. The molecule has 154 valence electrons. The predicted octanol–water partition coefficient (Wildman–Crippen LogP) is 0.790. The largest absolute Gasteiger partial charge is 0.480 e. The fourth-order valence-corrected chi connectivity index (χ4v) is 4.06. The maximum atomic E-state index is 13.1. The summed E-state index contributed by atoms with van der Waals surface area (Å²) in [6.07, 6.45) is 0.554. The molecule has 0 aromatic heterocycles. The van der Waals surface area contributed by atoms with Crippen LogP contribution >= 0.6 is 0 Å². The lowest BCUT2D eigenvalue weighted by Crippen LogP contribution is -2.58. The summed E-state index contributed by atoms with van der Waals surface area (Å²) < 4.78 is 39.3. The van der Waals surface area contributed by atoms with Gasteiger partial charge in [0.15, 0.2) is 5.54 Å². The van der Waals surface area contributed by atoms with Crippen LogP contribution in [0.15, 0.2) is 24.3 Å². The molecule has 2 aliphatic heterocycles. The number of hydrogen-bond donors (Lipinski definition) is 3. The Labute approximate surface area is 163 Å². The number of aliphatic hydroxyl groups excluding tert-OH is 1. The van der Waals surface area contributed by atoms with E-state index in [0.717, 1.165) is 23.1 Å². The van der Waals surface area contributed by atoms with E-state index in [1.165, 1.54) is 6.07 Å². The van der Waals surface area contributed by atoms with Gasteiger partial charge in [-0.15, -0.1) is 12.3 Å². The molecule has 0 aliphatic carbocycles. The highest BCUT2D eigenvalue weighted by Gasteiger charge is 2.68.